The van der Waals surface area contributed by atoms with Crippen LogP contribution in [0.5, 0.6) is 0 Å². The third-order valence-corrected chi connectivity index (χ3v) is 4.90. The molecular formula is C22H21NO4S. The van der Waals surface area contributed by atoms with Crippen LogP contribution in [-0.4, -0.2) is 25.7 Å². The van der Waals surface area contributed by atoms with Crippen molar-refractivity contribution in [3.63, 3.8) is 0 Å². The van der Waals surface area contributed by atoms with Gasteiger partial charge in [0.25, 0.3) is 0 Å². The van der Waals surface area contributed by atoms with Gasteiger partial charge in [0.05, 0.1) is 17.5 Å². The van der Waals surface area contributed by atoms with Crippen molar-refractivity contribution >= 4 is 21.7 Å². The van der Waals surface area contributed by atoms with Crippen molar-refractivity contribution in [1.82, 2.24) is 0 Å². The molecule has 0 fully saturated rings. The molecule has 28 heavy (non-hydrogen) atoms. The van der Waals surface area contributed by atoms with E-state index in [1.54, 1.807) is 36.4 Å². The zero-order valence-corrected chi connectivity index (χ0v) is 16.2. The minimum atomic E-state index is -3.31. The minimum Gasteiger partial charge on any atom is -0.478 e. The summed E-state index contributed by atoms with van der Waals surface area (Å²) in [5.74, 6) is -0.950. The summed E-state index contributed by atoms with van der Waals surface area (Å²) < 4.78 is 25.2. The number of carbonyl (C=O) groups is 1. The molecule has 0 saturated heterocycles. The Morgan fingerprint density at radius 3 is 2.04 bits per heavy atom. The SMILES string of the molecule is CS(=O)(=O)Nc1ccccc1CCc1ccc(C(=O)O)cc1.c1cc2cc-2c1. The van der Waals surface area contributed by atoms with Crippen LogP contribution in [-0.2, 0) is 22.9 Å². The smallest absolute Gasteiger partial charge is 0.335 e. The summed E-state index contributed by atoms with van der Waals surface area (Å²) >= 11 is 0. The Kier molecular flexibility index (Phi) is 5.80. The van der Waals surface area contributed by atoms with Crippen molar-refractivity contribution in [3.8, 4) is 11.1 Å². The second-order valence-electron chi connectivity index (χ2n) is 6.61. The van der Waals surface area contributed by atoms with Crippen LogP contribution in [0, 0.1) is 0 Å². The predicted octanol–water partition coefficient (Wildman–Crippen LogP) is 4.21. The molecule has 2 aromatic carbocycles. The third-order valence-electron chi connectivity index (χ3n) is 4.31. The van der Waals surface area contributed by atoms with Gasteiger partial charge in [-0.1, -0.05) is 48.5 Å². The second-order valence-corrected chi connectivity index (χ2v) is 8.36. The van der Waals surface area contributed by atoms with Crippen LogP contribution in [0.1, 0.15) is 21.5 Å². The van der Waals surface area contributed by atoms with Gasteiger partial charge in [0, 0.05) is 0 Å². The number of hydrogen-bond donors (Lipinski definition) is 2. The number of para-hydroxylation sites is 1. The zero-order valence-electron chi connectivity index (χ0n) is 15.4. The van der Waals surface area contributed by atoms with E-state index in [2.05, 4.69) is 29.0 Å². The van der Waals surface area contributed by atoms with Crippen molar-refractivity contribution in [3.05, 3.63) is 89.5 Å². The molecule has 0 saturated carbocycles. The summed E-state index contributed by atoms with van der Waals surface area (Å²) in [6, 6.07) is 22.4. The standard InChI is InChI=1S/C16H17NO4S.C6H4/c1-22(20,21)17-15-5-3-2-4-13(15)9-6-12-7-10-14(11-8-12)16(18)19;1-2-5-4-6(5)3-1/h2-5,7-8,10-11,17H,6,9H2,1H3,(H,18,19);1-4H. The summed E-state index contributed by atoms with van der Waals surface area (Å²) in [5, 5.41) is 8.86. The number of benzene rings is 3. The Bertz CT molecular complexity index is 1070. The molecular weight excluding hydrogens is 374 g/mol. The molecule has 0 atom stereocenters. The second kappa shape index (κ2) is 8.27. The monoisotopic (exact) mass is 395 g/mol. The van der Waals surface area contributed by atoms with E-state index in [0.717, 1.165) is 17.4 Å². The highest BCUT2D eigenvalue weighted by atomic mass is 32.2. The maximum atomic E-state index is 11.4. The molecule has 4 rings (SSSR count). The fourth-order valence-corrected chi connectivity index (χ4v) is 3.40. The van der Waals surface area contributed by atoms with Gasteiger partial charge < -0.3 is 5.11 Å². The average molecular weight is 395 g/mol. The highest BCUT2D eigenvalue weighted by molar-refractivity contribution is 7.92. The predicted molar refractivity (Wildman–Crippen MR) is 111 cm³/mol. The molecule has 144 valence electrons. The summed E-state index contributed by atoms with van der Waals surface area (Å²) in [6.07, 6.45) is 2.47. The first kappa shape index (κ1) is 19.6. The first-order chi connectivity index (χ1) is 13.3. The van der Waals surface area contributed by atoms with Crippen LogP contribution in [0.25, 0.3) is 11.1 Å². The van der Waals surface area contributed by atoms with E-state index in [0.29, 0.717) is 18.5 Å². The van der Waals surface area contributed by atoms with E-state index >= 15 is 0 Å². The van der Waals surface area contributed by atoms with Gasteiger partial charge in [-0.15, -0.1) is 0 Å². The highest BCUT2D eigenvalue weighted by Gasteiger charge is 2.08. The summed E-state index contributed by atoms with van der Waals surface area (Å²) in [5.41, 5.74) is 5.58. The van der Waals surface area contributed by atoms with Gasteiger partial charge in [-0.05, 0) is 59.4 Å². The molecule has 2 aromatic rings. The van der Waals surface area contributed by atoms with Crippen LogP contribution >= 0.6 is 0 Å². The number of carboxylic acids is 1. The molecule has 5 nitrogen and oxygen atoms in total. The molecule has 0 amide bonds. The maximum Gasteiger partial charge on any atom is 0.335 e. The molecule has 6 heteroatoms. The van der Waals surface area contributed by atoms with Crippen LogP contribution in [0.2, 0.25) is 0 Å². The molecule has 2 aliphatic rings. The largest absolute Gasteiger partial charge is 0.478 e. The number of sulfonamides is 1. The molecule has 0 spiro atoms. The van der Waals surface area contributed by atoms with Crippen molar-refractivity contribution in [1.29, 1.82) is 0 Å². The maximum absolute atomic E-state index is 11.4. The third kappa shape index (κ3) is 5.69. The number of fused-ring (bicyclic) bond motifs is 1. The van der Waals surface area contributed by atoms with E-state index < -0.39 is 16.0 Å². The number of carboxylic acid groups (broad SMARTS) is 1. The minimum absolute atomic E-state index is 0.253. The van der Waals surface area contributed by atoms with E-state index in [1.165, 1.54) is 11.1 Å². The van der Waals surface area contributed by atoms with Gasteiger partial charge in [0.2, 0.25) is 10.0 Å². The molecule has 0 bridgehead atoms. The number of rotatable bonds is 6. The first-order valence-electron chi connectivity index (χ1n) is 8.80. The lowest BCUT2D eigenvalue weighted by Gasteiger charge is -2.10. The van der Waals surface area contributed by atoms with Crippen molar-refractivity contribution in [2.45, 2.75) is 12.8 Å². The molecule has 2 N–H and O–H groups in total. The molecule has 0 aromatic heterocycles. The van der Waals surface area contributed by atoms with Crippen LogP contribution in [0.4, 0.5) is 5.69 Å². The van der Waals surface area contributed by atoms with Crippen LogP contribution in [0.15, 0.2) is 72.8 Å². The fourth-order valence-electron chi connectivity index (χ4n) is 2.81. The Morgan fingerprint density at radius 1 is 0.893 bits per heavy atom. The van der Waals surface area contributed by atoms with Gasteiger partial charge in [-0.25, -0.2) is 13.2 Å². The van der Waals surface area contributed by atoms with Gasteiger partial charge >= 0.3 is 5.97 Å². The number of aromatic carboxylic acids is 1. The van der Waals surface area contributed by atoms with E-state index in [4.69, 9.17) is 5.11 Å². The Balaban J connectivity index is 0.000000311. The summed E-state index contributed by atoms with van der Waals surface area (Å²) in [7, 11) is -3.31. The first-order valence-corrected chi connectivity index (χ1v) is 10.7. The van der Waals surface area contributed by atoms with Crippen molar-refractivity contribution in [2.75, 3.05) is 11.0 Å². The highest BCUT2D eigenvalue weighted by Crippen LogP contribution is 2.32. The fraction of sp³-hybridized carbons (Fsp3) is 0.136. The van der Waals surface area contributed by atoms with E-state index in [9.17, 15) is 13.2 Å². The van der Waals surface area contributed by atoms with E-state index in [-0.39, 0.29) is 5.56 Å². The number of nitrogens with one attached hydrogen (secondary N) is 1. The quantitative estimate of drug-likeness (QED) is 0.512. The average Bonchev–Trinajstić information content (AvgIpc) is 3.25. The van der Waals surface area contributed by atoms with Crippen molar-refractivity contribution < 1.29 is 18.3 Å². The Hall–Kier alpha value is -3.12. The van der Waals surface area contributed by atoms with Crippen LogP contribution < -0.4 is 4.72 Å². The van der Waals surface area contributed by atoms with E-state index in [1.807, 2.05) is 12.1 Å². The molecule has 0 aliphatic heterocycles. The summed E-state index contributed by atoms with van der Waals surface area (Å²) in [6.45, 7) is 0. The van der Waals surface area contributed by atoms with Gasteiger partial charge in [-0.3, -0.25) is 4.72 Å². The molecule has 2 aliphatic carbocycles. The lowest BCUT2D eigenvalue weighted by molar-refractivity contribution is 0.0697. The number of anilines is 1. The zero-order chi connectivity index (χ0) is 20.1. The van der Waals surface area contributed by atoms with Crippen LogP contribution in [0.3, 0.4) is 0 Å². The van der Waals surface area contributed by atoms with Gasteiger partial charge in [0.1, 0.15) is 0 Å². The molecule has 0 heterocycles. The normalized spacial score (nSPS) is 11.2. The lowest BCUT2D eigenvalue weighted by Crippen LogP contribution is -2.11. The molecule has 0 radical (unpaired) electrons. The summed E-state index contributed by atoms with van der Waals surface area (Å²) in [4.78, 5) is 10.8. The number of aryl methyl sites for hydroxylation is 2. The molecule has 0 unspecified atom stereocenters. The topological polar surface area (TPSA) is 83.5 Å². The van der Waals surface area contributed by atoms with Gasteiger partial charge in [-0.2, -0.15) is 0 Å². The Labute approximate surface area is 164 Å². The number of hydrogen-bond acceptors (Lipinski definition) is 3. The van der Waals surface area contributed by atoms with Crippen molar-refractivity contribution in [2.24, 2.45) is 0 Å². The Morgan fingerprint density at radius 2 is 1.54 bits per heavy atom. The van der Waals surface area contributed by atoms with Gasteiger partial charge in [0.15, 0.2) is 0 Å². The lowest BCUT2D eigenvalue weighted by atomic mass is 10.0.